The van der Waals surface area contributed by atoms with Crippen LogP contribution in [0, 0.1) is 10.1 Å². The number of nitrogens with zero attached hydrogens (tertiary/aromatic N) is 2. The molecule has 1 aromatic carbocycles. The van der Waals surface area contributed by atoms with Crippen LogP contribution in [0.2, 0.25) is 5.02 Å². The summed E-state index contributed by atoms with van der Waals surface area (Å²) >= 11 is 5.85. The van der Waals surface area contributed by atoms with Crippen molar-refractivity contribution in [2.24, 2.45) is 0 Å². The Labute approximate surface area is 134 Å². The maximum Gasteiger partial charge on any atom is 0.291 e. The second-order valence-electron chi connectivity index (χ2n) is 4.59. The topological polar surface area (TPSA) is 84.7 Å². The largest absolute Gasteiger partial charge is 0.494 e. The van der Waals surface area contributed by atoms with Crippen molar-refractivity contribution in [2.75, 3.05) is 32.1 Å². The first-order valence-electron chi connectivity index (χ1n) is 6.97. The van der Waals surface area contributed by atoms with Crippen molar-refractivity contribution in [3.05, 3.63) is 27.3 Å². The van der Waals surface area contributed by atoms with Gasteiger partial charge in [-0.15, -0.1) is 0 Å². The third-order valence-corrected chi connectivity index (χ3v) is 3.59. The van der Waals surface area contributed by atoms with Crippen LogP contribution in [0.4, 0.5) is 11.4 Å². The fraction of sp³-hybridized carbons (Fsp3) is 0.500. The Morgan fingerprint density at radius 2 is 2.05 bits per heavy atom. The van der Waals surface area contributed by atoms with Gasteiger partial charge in [-0.2, -0.15) is 0 Å². The lowest BCUT2D eigenvalue weighted by Crippen LogP contribution is -2.27. The van der Waals surface area contributed by atoms with Gasteiger partial charge in [-0.3, -0.25) is 14.9 Å². The minimum atomic E-state index is -0.600. The van der Waals surface area contributed by atoms with E-state index in [-0.39, 0.29) is 22.4 Å². The quantitative estimate of drug-likeness (QED) is 0.585. The van der Waals surface area contributed by atoms with Crippen LogP contribution in [0.3, 0.4) is 0 Å². The van der Waals surface area contributed by atoms with Gasteiger partial charge in [0.05, 0.1) is 23.8 Å². The molecule has 0 fully saturated rings. The van der Waals surface area contributed by atoms with Crippen LogP contribution in [0.1, 0.15) is 20.3 Å². The van der Waals surface area contributed by atoms with Crippen LogP contribution < -0.4 is 10.1 Å². The molecule has 22 heavy (non-hydrogen) atoms. The molecule has 0 atom stereocenters. The minimum Gasteiger partial charge on any atom is -0.494 e. The Morgan fingerprint density at radius 3 is 2.55 bits per heavy atom. The number of rotatable bonds is 8. The standard InChI is InChI=1S/C14H20ClN3O4/c1-4-17(5-2)7-6-14(19)16-11-8-10(15)12(18(20)21)9-13(11)22-3/h8-9H,4-7H2,1-3H3,(H,16,19). The van der Waals surface area contributed by atoms with Crippen molar-refractivity contribution in [2.45, 2.75) is 20.3 Å². The summed E-state index contributed by atoms with van der Waals surface area (Å²) in [5.41, 5.74) is 0.0577. The van der Waals surface area contributed by atoms with Crippen molar-refractivity contribution in [3.8, 4) is 5.75 Å². The van der Waals surface area contributed by atoms with E-state index in [2.05, 4.69) is 10.2 Å². The zero-order valence-corrected chi connectivity index (χ0v) is 13.6. The summed E-state index contributed by atoms with van der Waals surface area (Å²) < 4.78 is 5.07. The van der Waals surface area contributed by atoms with Gasteiger partial charge >= 0.3 is 0 Å². The SMILES string of the molecule is CCN(CC)CCC(=O)Nc1cc(Cl)c([N+](=O)[O-])cc1OC. The van der Waals surface area contributed by atoms with Gasteiger partial charge in [-0.1, -0.05) is 25.4 Å². The first kappa shape index (κ1) is 18.2. The highest BCUT2D eigenvalue weighted by Gasteiger charge is 2.18. The molecule has 0 bridgehead atoms. The molecule has 0 spiro atoms. The number of carbonyl (C=O) groups is 1. The predicted molar refractivity (Wildman–Crippen MR) is 85.7 cm³/mol. The molecule has 7 nitrogen and oxygen atoms in total. The van der Waals surface area contributed by atoms with Gasteiger partial charge in [0, 0.05) is 13.0 Å². The Hall–Kier alpha value is -1.86. The molecular weight excluding hydrogens is 310 g/mol. The lowest BCUT2D eigenvalue weighted by atomic mass is 10.2. The summed E-state index contributed by atoms with van der Waals surface area (Å²) in [7, 11) is 1.37. The normalized spacial score (nSPS) is 10.6. The minimum absolute atomic E-state index is 0.0511. The average Bonchev–Trinajstić information content (AvgIpc) is 2.48. The molecule has 0 aliphatic rings. The summed E-state index contributed by atoms with van der Waals surface area (Å²) in [4.78, 5) is 24.3. The fourth-order valence-corrected chi connectivity index (χ4v) is 2.19. The molecule has 0 saturated heterocycles. The molecule has 0 aliphatic heterocycles. The molecule has 0 aromatic heterocycles. The van der Waals surface area contributed by atoms with E-state index in [1.54, 1.807) is 0 Å². The lowest BCUT2D eigenvalue weighted by molar-refractivity contribution is -0.384. The second kappa shape index (κ2) is 8.55. The molecule has 0 unspecified atom stereocenters. The summed E-state index contributed by atoms with van der Waals surface area (Å²) in [6.07, 6.45) is 0.319. The van der Waals surface area contributed by atoms with Gasteiger partial charge in [0.2, 0.25) is 5.91 Å². The first-order valence-corrected chi connectivity index (χ1v) is 7.34. The molecule has 0 aliphatic carbocycles. The molecule has 0 saturated carbocycles. The number of anilines is 1. The van der Waals surface area contributed by atoms with Gasteiger partial charge < -0.3 is 15.0 Å². The second-order valence-corrected chi connectivity index (χ2v) is 4.99. The van der Waals surface area contributed by atoms with E-state index in [1.165, 1.54) is 19.2 Å². The van der Waals surface area contributed by atoms with Crippen molar-refractivity contribution >= 4 is 28.9 Å². The number of carbonyl (C=O) groups excluding carboxylic acids is 1. The van der Waals surface area contributed by atoms with Crippen LogP contribution in [-0.4, -0.2) is 42.5 Å². The van der Waals surface area contributed by atoms with Crippen LogP contribution >= 0.6 is 11.6 Å². The monoisotopic (exact) mass is 329 g/mol. The van der Waals surface area contributed by atoms with Crippen molar-refractivity contribution in [1.29, 1.82) is 0 Å². The Balaban J connectivity index is 2.82. The molecule has 8 heteroatoms. The van der Waals surface area contributed by atoms with E-state index in [4.69, 9.17) is 16.3 Å². The number of halogens is 1. The summed E-state index contributed by atoms with van der Waals surface area (Å²) in [5.74, 6) is 0.00223. The smallest absolute Gasteiger partial charge is 0.291 e. The van der Waals surface area contributed by atoms with Crippen LogP contribution in [-0.2, 0) is 4.79 Å². The lowest BCUT2D eigenvalue weighted by Gasteiger charge is -2.17. The maximum atomic E-state index is 12.0. The van der Waals surface area contributed by atoms with Gasteiger partial charge in [-0.05, 0) is 19.2 Å². The third kappa shape index (κ3) is 4.85. The molecular formula is C14H20ClN3O4. The van der Waals surface area contributed by atoms with Gasteiger partial charge in [0.15, 0.2) is 0 Å². The molecule has 0 heterocycles. The van der Waals surface area contributed by atoms with E-state index < -0.39 is 4.92 Å². The van der Waals surface area contributed by atoms with Crippen molar-refractivity contribution < 1.29 is 14.5 Å². The highest BCUT2D eigenvalue weighted by Crippen LogP contribution is 2.35. The molecule has 1 rings (SSSR count). The highest BCUT2D eigenvalue weighted by atomic mass is 35.5. The zero-order chi connectivity index (χ0) is 16.7. The zero-order valence-electron chi connectivity index (χ0n) is 12.9. The number of hydrogen-bond donors (Lipinski definition) is 1. The van der Waals surface area contributed by atoms with E-state index in [1.807, 2.05) is 13.8 Å². The maximum absolute atomic E-state index is 12.0. The van der Waals surface area contributed by atoms with Crippen LogP contribution in [0.15, 0.2) is 12.1 Å². The number of nitro benzene ring substituents is 1. The number of methoxy groups -OCH3 is 1. The van der Waals surface area contributed by atoms with E-state index >= 15 is 0 Å². The van der Waals surface area contributed by atoms with Gasteiger partial charge in [0.25, 0.3) is 5.69 Å². The molecule has 1 N–H and O–H groups in total. The number of nitro groups is 1. The summed E-state index contributed by atoms with van der Waals surface area (Å²) in [5, 5.41) is 13.5. The van der Waals surface area contributed by atoms with Crippen LogP contribution in [0.25, 0.3) is 0 Å². The van der Waals surface area contributed by atoms with Crippen molar-refractivity contribution in [3.63, 3.8) is 0 Å². The third-order valence-electron chi connectivity index (χ3n) is 3.29. The number of nitrogens with one attached hydrogen (secondary N) is 1. The fourth-order valence-electron chi connectivity index (χ4n) is 1.96. The van der Waals surface area contributed by atoms with Gasteiger partial charge in [0.1, 0.15) is 10.8 Å². The molecule has 1 aromatic rings. The number of ether oxygens (including phenoxy) is 1. The number of hydrogen-bond acceptors (Lipinski definition) is 5. The molecule has 122 valence electrons. The predicted octanol–water partition coefficient (Wildman–Crippen LogP) is 2.93. The number of amides is 1. The summed E-state index contributed by atoms with van der Waals surface area (Å²) in [6, 6.07) is 2.52. The van der Waals surface area contributed by atoms with Crippen LogP contribution in [0.5, 0.6) is 5.75 Å². The first-order chi connectivity index (χ1) is 10.4. The van der Waals surface area contributed by atoms with E-state index in [9.17, 15) is 14.9 Å². The van der Waals surface area contributed by atoms with Gasteiger partial charge in [-0.25, -0.2) is 0 Å². The average molecular weight is 330 g/mol. The molecule has 0 radical (unpaired) electrons. The molecule has 1 amide bonds. The Bertz CT molecular complexity index is 547. The highest BCUT2D eigenvalue weighted by molar-refractivity contribution is 6.33. The Kier molecular flexibility index (Phi) is 7.07. The Morgan fingerprint density at radius 1 is 1.41 bits per heavy atom. The number of benzene rings is 1. The summed E-state index contributed by atoms with van der Waals surface area (Å²) in [6.45, 7) is 6.44. The van der Waals surface area contributed by atoms with E-state index in [0.29, 0.717) is 18.7 Å². The van der Waals surface area contributed by atoms with Crippen molar-refractivity contribution in [1.82, 2.24) is 4.90 Å². The van der Waals surface area contributed by atoms with E-state index in [0.717, 1.165) is 13.1 Å².